The molecule has 1 aliphatic rings. The molecule has 0 bridgehead atoms. The minimum Gasteiger partial charge on any atom is -0.495 e. The van der Waals surface area contributed by atoms with E-state index in [1.54, 1.807) is 0 Å². The summed E-state index contributed by atoms with van der Waals surface area (Å²) in [5.74, 6) is -1.47. The second kappa shape index (κ2) is 3.42. The van der Waals surface area contributed by atoms with Crippen molar-refractivity contribution < 1.29 is 18.6 Å². The maximum absolute atomic E-state index is 13.7. The molecule has 0 unspecified atom stereocenters. The smallest absolute Gasteiger partial charge is 0.150 e. The molecule has 15 heavy (non-hydrogen) atoms. The molecule has 1 aromatic rings. The molecular weight excluding hydrogens is 270 g/mol. The van der Waals surface area contributed by atoms with Crippen LogP contribution in [0.5, 0.6) is 5.75 Å². The van der Waals surface area contributed by atoms with Crippen LogP contribution in [0.3, 0.4) is 0 Å². The number of rotatable bonds is 2. The third-order valence-electron chi connectivity index (χ3n) is 2.53. The quantitative estimate of drug-likeness (QED) is 0.843. The van der Waals surface area contributed by atoms with Crippen molar-refractivity contribution in [1.29, 1.82) is 0 Å². The molecule has 1 aromatic carbocycles. The number of hydrogen-bond acceptors (Lipinski definition) is 2. The third-order valence-corrected chi connectivity index (χ3v) is 3.27. The van der Waals surface area contributed by atoms with Gasteiger partial charge in [0.1, 0.15) is 17.4 Å². The molecule has 0 aromatic heterocycles. The molecule has 0 saturated heterocycles. The molecule has 0 heterocycles. The van der Waals surface area contributed by atoms with Gasteiger partial charge < -0.3 is 9.84 Å². The third kappa shape index (κ3) is 1.63. The van der Waals surface area contributed by atoms with Crippen LogP contribution in [0.15, 0.2) is 10.5 Å². The zero-order chi connectivity index (χ0) is 11.2. The van der Waals surface area contributed by atoms with Crippen molar-refractivity contribution in [3.05, 3.63) is 27.7 Å². The first-order valence-electron chi connectivity index (χ1n) is 4.44. The standard InChI is InChI=1S/C10H9BrF2O2/c1-15-6-4-5(12)7(9(13)8(6)11)10(14)2-3-10/h4,14H,2-3H2,1H3. The van der Waals surface area contributed by atoms with Crippen LogP contribution in [0.25, 0.3) is 0 Å². The molecule has 0 amide bonds. The van der Waals surface area contributed by atoms with Gasteiger partial charge in [-0.05, 0) is 28.8 Å². The van der Waals surface area contributed by atoms with Crippen molar-refractivity contribution in [3.63, 3.8) is 0 Å². The molecule has 0 radical (unpaired) electrons. The van der Waals surface area contributed by atoms with E-state index in [0.29, 0.717) is 12.8 Å². The van der Waals surface area contributed by atoms with E-state index in [-0.39, 0.29) is 15.8 Å². The van der Waals surface area contributed by atoms with Crippen LogP contribution in [0, 0.1) is 11.6 Å². The Balaban J connectivity index is 2.61. The van der Waals surface area contributed by atoms with E-state index in [1.807, 2.05) is 0 Å². The van der Waals surface area contributed by atoms with Crippen LogP contribution in [0.4, 0.5) is 8.78 Å². The lowest BCUT2D eigenvalue weighted by molar-refractivity contribution is 0.141. The summed E-state index contributed by atoms with van der Waals surface area (Å²) >= 11 is 2.97. The van der Waals surface area contributed by atoms with Crippen molar-refractivity contribution in [2.75, 3.05) is 7.11 Å². The second-order valence-corrected chi connectivity index (χ2v) is 4.39. The van der Waals surface area contributed by atoms with Crippen LogP contribution >= 0.6 is 15.9 Å². The molecule has 0 aliphatic heterocycles. The number of hydrogen-bond donors (Lipinski definition) is 1. The lowest BCUT2D eigenvalue weighted by Gasteiger charge is -2.14. The number of halogens is 3. The van der Waals surface area contributed by atoms with E-state index < -0.39 is 17.2 Å². The van der Waals surface area contributed by atoms with Crippen molar-refractivity contribution in [1.82, 2.24) is 0 Å². The summed E-state index contributed by atoms with van der Waals surface area (Å²) in [5.41, 5.74) is -1.60. The lowest BCUT2D eigenvalue weighted by Crippen LogP contribution is -2.11. The van der Waals surface area contributed by atoms with Crippen LogP contribution in [-0.2, 0) is 5.60 Å². The summed E-state index contributed by atoms with van der Waals surface area (Å²) in [6, 6.07) is 1.07. The lowest BCUT2D eigenvalue weighted by atomic mass is 10.1. The highest BCUT2D eigenvalue weighted by atomic mass is 79.9. The minimum atomic E-state index is -1.33. The van der Waals surface area contributed by atoms with Gasteiger partial charge in [-0.3, -0.25) is 0 Å². The van der Waals surface area contributed by atoms with Crippen LogP contribution in [0.2, 0.25) is 0 Å². The molecule has 2 rings (SSSR count). The SMILES string of the molecule is COc1cc(F)c(C2(O)CC2)c(F)c1Br. The molecule has 82 valence electrons. The summed E-state index contributed by atoms with van der Waals surface area (Å²) in [6.07, 6.45) is 0.777. The maximum atomic E-state index is 13.7. The van der Waals surface area contributed by atoms with Gasteiger partial charge in [0.2, 0.25) is 0 Å². The van der Waals surface area contributed by atoms with E-state index in [4.69, 9.17) is 4.74 Å². The van der Waals surface area contributed by atoms with Crippen LogP contribution < -0.4 is 4.74 Å². The van der Waals surface area contributed by atoms with Gasteiger partial charge in [-0.15, -0.1) is 0 Å². The van der Waals surface area contributed by atoms with Crippen molar-refractivity contribution in [2.24, 2.45) is 0 Å². The van der Waals surface area contributed by atoms with Crippen molar-refractivity contribution in [3.8, 4) is 5.75 Å². The summed E-state index contributed by atoms with van der Waals surface area (Å²) in [6.45, 7) is 0. The average Bonchev–Trinajstić information content (AvgIpc) is 2.91. The number of benzene rings is 1. The molecule has 1 N–H and O–H groups in total. The first-order chi connectivity index (χ1) is 6.99. The highest BCUT2D eigenvalue weighted by molar-refractivity contribution is 9.10. The number of aliphatic hydroxyl groups is 1. The molecular formula is C10H9BrF2O2. The van der Waals surface area contributed by atoms with Gasteiger partial charge in [-0.25, -0.2) is 8.78 Å². The first-order valence-corrected chi connectivity index (χ1v) is 5.23. The summed E-state index contributed by atoms with van der Waals surface area (Å²) in [4.78, 5) is 0. The van der Waals surface area contributed by atoms with E-state index in [1.165, 1.54) is 7.11 Å². The molecule has 1 fully saturated rings. The number of methoxy groups -OCH3 is 1. The zero-order valence-electron chi connectivity index (χ0n) is 7.98. The van der Waals surface area contributed by atoms with Gasteiger partial charge in [0, 0.05) is 6.07 Å². The Hall–Kier alpha value is -0.680. The van der Waals surface area contributed by atoms with Gasteiger partial charge in [0.25, 0.3) is 0 Å². The second-order valence-electron chi connectivity index (χ2n) is 3.60. The van der Waals surface area contributed by atoms with Gasteiger partial charge >= 0.3 is 0 Å². The molecule has 1 aliphatic carbocycles. The Morgan fingerprint density at radius 2 is 2.07 bits per heavy atom. The Morgan fingerprint density at radius 3 is 2.53 bits per heavy atom. The van der Waals surface area contributed by atoms with Crippen LogP contribution in [0.1, 0.15) is 18.4 Å². The van der Waals surface area contributed by atoms with E-state index in [0.717, 1.165) is 6.07 Å². The normalized spacial score (nSPS) is 17.7. The van der Waals surface area contributed by atoms with Crippen LogP contribution in [-0.4, -0.2) is 12.2 Å². The van der Waals surface area contributed by atoms with Gasteiger partial charge in [0.05, 0.1) is 22.7 Å². The Kier molecular flexibility index (Phi) is 2.47. The predicted molar refractivity (Wildman–Crippen MR) is 53.7 cm³/mol. The zero-order valence-corrected chi connectivity index (χ0v) is 9.57. The van der Waals surface area contributed by atoms with Gasteiger partial charge in [0.15, 0.2) is 0 Å². The molecule has 0 spiro atoms. The molecule has 2 nitrogen and oxygen atoms in total. The molecule has 0 atom stereocenters. The topological polar surface area (TPSA) is 29.5 Å². The monoisotopic (exact) mass is 278 g/mol. The fourth-order valence-electron chi connectivity index (χ4n) is 1.52. The largest absolute Gasteiger partial charge is 0.495 e. The van der Waals surface area contributed by atoms with Gasteiger partial charge in [-0.2, -0.15) is 0 Å². The Labute approximate surface area is 94.0 Å². The summed E-state index contributed by atoms with van der Waals surface area (Å²) in [7, 11) is 1.32. The van der Waals surface area contributed by atoms with Gasteiger partial charge in [-0.1, -0.05) is 0 Å². The van der Waals surface area contributed by atoms with Crippen molar-refractivity contribution in [2.45, 2.75) is 18.4 Å². The molecule has 5 heteroatoms. The Morgan fingerprint density at radius 1 is 1.47 bits per heavy atom. The van der Waals surface area contributed by atoms with E-state index >= 15 is 0 Å². The average molecular weight is 279 g/mol. The fraction of sp³-hybridized carbons (Fsp3) is 0.400. The first kappa shape index (κ1) is 10.8. The fourth-order valence-corrected chi connectivity index (χ4v) is 1.99. The maximum Gasteiger partial charge on any atom is 0.150 e. The Bertz CT molecular complexity index is 416. The highest BCUT2D eigenvalue weighted by Crippen LogP contribution is 2.49. The van der Waals surface area contributed by atoms with Crippen molar-refractivity contribution >= 4 is 15.9 Å². The minimum absolute atomic E-state index is 0.0433. The van der Waals surface area contributed by atoms with E-state index in [2.05, 4.69) is 15.9 Å². The predicted octanol–water partition coefficient (Wildman–Crippen LogP) is 2.72. The summed E-state index contributed by atoms with van der Waals surface area (Å²) < 4.78 is 32.1. The number of ether oxygens (including phenoxy) is 1. The molecule has 1 saturated carbocycles. The highest BCUT2D eigenvalue weighted by Gasteiger charge is 2.47. The summed E-state index contributed by atoms with van der Waals surface area (Å²) in [5, 5.41) is 9.71. The van der Waals surface area contributed by atoms with E-state index in [9.17, 15) is 13.9 Å².